The first kappa shape index (κ1) is 10.7. The number of hydrogen-bond acceptors (Lipinski definition) is 6. The number of rotatable bonds is 0. The largest absolute Gasteiger partial charge is 0.622 e. The van der Waals surface area contributed by atoms with Gasteiger partial charge in [0.05, 0.1) is 5.92 Å². The normalized spacial score (nSPS) is 40.4. The van der Waals surface area contributed by atoms with E-state index in [2.05, 4.69) is 14.9 Å². The lowest BCUT2D eigenvalue weighted by atomic mass is 9.74. The van der Waals surface area contributed by atoms with E-state index in [0.29, 0.717) is 29.9 Å². The molecular weight excluding hydrogens is 224 g/mol. The molecule has 92 valence electrons. The molecule has 2 heterocycles. The third-order valence-corrected chi connectivity index (χ3v) is 4.14. The summed E-state index contributed by atoms with van der Waals surface area (Å²) >= 11 is 0. The van der Waals surface area contributed by atoms with Crippen LogP contribution in [-0.2, 0) is 12.0 Å². The van der Waals surface area contributed by atoms with Crippen LogP contribution in [0.25, 0.3) is 0 Å². The summed E-state index contributed by atoms with van der Waals surface area (Å²) in [6, 6.07) is 0. The molecule has 0 spiro atoms. The fourth-order valence-electron chi connectivity index (χ4n) is 2.83. The van der Waals surface area contributed by atoms with Crippen LogP contribution in [0.1, 0.15) is 31.7 Å². The summed E-state index contributed by atoms with van der Waals surface area (Å²) in [5.74, 6) is -0.478. The maximum absolute atomic E-state index is 12.1. The van der Waals surface area contributed by atoms with Crippen LogP contribution in [0.5, 0.6) is 0 Å². The van der Waals surface area contributed by atoms with Gasteiger partial charge in [0, 0.05) is 19.8 Å². The van der Waals surface area contributed by atoms with Crippen molar-refractivity contribution in [3.8, 4) is 0 Å². The highest BCUT2D eigenvalue weighted by Crippen LogP contribution is 2.46. The quantitative estimate of drug-likeness (QED) is 0.464. The molecule has 0 radical (unpaired) electrons. The Morgan fingerprint density at radius 1 is 1.53 bits per heavy atom. The molecule has 2 aliphatic rings. The van der Waals surface area contributed by atoms with Crippen molar-refractivity contribution in [3.63, 3.8) is 0 Å². The van der Waals surface area contributed by atoms with Crippen molar-refractivity contribution in [2.24, 2.45) is 11.7 Å². The van der Waals surface area contributed by atoms with Crippen LogP contribution < -0.4 is 5.73 Å². The van der Waals surface area contributed by atoms with Gasteiger partial charge < -0.3 is 10.3 Å². The van der Waals surface area contributed by atoms with Gasteiger partial charge in [-0.2, -0.15) is 4.74 Å². The van der Waals surface area contributed by atoms with Crippen LogP contribution in [-0.4, -0.2) is 31.5 Å². The van der Waals surface area contributed by atoms with Crippen molar-refractivity contribution in [1.82, 2.24) is 10.3 Å². The molecule has 0 fully saturated rings. The summed E-state index contributed by atoms with van der Waals surface area (Å²) in [6.07, 6.45) is 0.969. The molecule has 0 amide bonds. The second-order valence-corrected chi connectivity index (χ2v) is 5.01. The highest BCUT2D eigenvalue weighted by Gasteiger charge is 2.65. The Hall–Kier alpha value is -1.47. The number of fused-ring (bicyclic) bond motifs is 3. The number of hydrogen-bond donors (Lipinski definition) is 2. The molecular formula is C10H14N4O3. The third kappa shape index (κ3) is 1.01. The zero-order chi connectivity index (χ0) is 12.4. The van der Waals surface area contributed by atoms with Crippen LogP contribution in [0.2, 0.25) is 0 Å². The number of aryl methyl sites for hydroxylation is 1. The Labute approximate surface area is 97.5 Å². The van der Waals surface area contributed by atoms with E-state index in [9.17, 15) is 10.3 Å². The van der Waals surface area contributed by atoms with E-state index in [4.69, 9.17) is 5.73 Å². The molecule has 0 bridgehead atoms. The molecule has 17 heavy (non-hydrogen) atoms. The van der Waals surface area contributed by atoms with Gasteiger partial charge in [0.2, 0.25) is 17.0 Å². The molecule has 0 saturated carbocycles. The van der Waals surface area contributed by atoms with Gasteiger partial charge in [0.15, 0.2) is 5.69 Å². The first-order chi connectivity index (χ1) is 7.90. The summed E-state index contributed by atoms with van der Waals surface area (Å²) in [5.41, 5.74) is 4.70. The second-order valence-electron chi connectivity index (χ2n) is 5.01. The first-order valence-corrected chi connectivity index (χ1v) is 5.57. The van der Waals surface area contributed by atoms with Crippen molar-refractivity contribution in [2.45, 2.75) is 38.0 Å². The van der Waals surface area contributed by atoms with Gasteiger partial charge in [-0.1, -0.05) is 17.2 Å². The molecule has 7 heteroatoms. The van der Waals surface area contributed by atoms with Crippen molar-refractivity contribution in [3.05, 3.63) is 16.6 Å². The van der Waals surface area contributed by atoms with Gasteiger partial charge in [-0.15, -0.1) is 0 Å². The van der Waals surface area contributed by atoms with Crippen molar-refractivity contribution in [1.29, 1.82) is 0 Å². The van der Waals surface area contributed by atoms with Crippen LogP contribution in [0.15, 0.2) is 4.63 Å². The summed E-state index contributed by atoms with van der Waals surface area (Å²) in [4.78, 5) is 0. The first-order valence-electron chi connectivity index (χ1n) is 5.57. The van der Waals surface area contributed by atoms with E-state index < -0.39 is 17.2 Å². The average molecular weight is 238 g/mol. The van der Waals surface area contributed by atoms with Crippen molar-refractivity contribution < 1.29 is 14.5 Å². The molecule has 0 aromatic carbocycles. The molecule has 1 aromatic heterocycles. The van der Waals surface area contributed by atoms with Crippen LogP contribution >= 0.6 is 0 Å². The smallest absolute Gasteiger partial charge is 0.227 e. The van der Waals surface area contributed by atoms with Crippen LogP contribution in [0, 0.1) is 11.1 Å². The lowest BCUT2D eigenvalue weighted by Crippen LogP contribution is -2.51. The summed E-state index contributed by atoms with van der Waals surface area (Å²) in [5, 5.41) is 30.4. The summed E-state index contributed by atoms with van der Waals surface area (Å²) < 4.78 is 5.38. The lowest BCUT2D eigenvalue weighted by Gasteiger charge is -2.29. The van der Waals surface area contributed by atoms with Gasteiger partial charge >= 0.3 is 0 Å². The minimum absolute atomic E-state index is 0.335. The van der Waals surface area contributed by atoms with E-state index in [1.807, 2.05) is 0 Å². The van der Waals surface area contributed by atoms with E-state index in [1.54, 1.807) is 13.8 Å². The Morgan fingerprint density at radius 2 is 2.24 bits per heavy atom. The zero-order valence-corrected chi connectivity index (χ0v) is 9.67. The molecule has 1 aromatic rings. The number of hydroxylamine groups is 1. The predicted octanol–water partition coefficient (Wildman–Crippen LogP) is -0.521. The van der Waals surface area contributed by atoms with Gasteiger partial charge in [0.1, 0.15) is 5.69 Å². The lowest BCUT2D eigenvalue weighted by molar-refractivity contribution is -0.543. The molecule has 3 atom stereocenters. The van der Waals surface area contributed by atoms with Gasteiger partial charge in [-0.3, -0.25) is 5.73 Å². The molecule has 1 aliphatic carbocycles. The number of aromatic nitrogens is 2. The van der Waals surface area contributed by atoms with Crippen LogP contribution in [0.4, 0.5) is 0 Å². The highest BCUT2D eigenvalue weighted by atomic mass is 16.6. The minimum Gasteiger partial charge on any atom is -0.622 e. The fraction of sp³-hybridized carbons (Fsp3) is 0.700. The Balaban J connectivity index is 2.27. The van der Waals surface area contributed by atoms with E-state index in [0.717, 1.165) is 4.74 Å². The number of nitrogens with two attached hydrogens (primary N) is 1. The standard InChI is InChI=1S/C10H14N4O3/c1-5-9(2,11)14(16)7-4-3-6-8(10(5,7)15)13-17-12-6/h5,15H,3-4,11H2,1-2H3/t5-,9-,10+/m1/s1. The Bertz CT molecular complexity index is 521. The van der Waals surface area contributed by atoms with E-state index >= 15 is 0 Å². The molecule has 3 N–H and O–H groups in total. The highest BCUT2D eigenvalue weighted by molar-refractivity contribution is 5.92. The van der Waals surface area contributed by atoms with Gasteiger partial charge in [-0.05, 0) is 0 Å². The van der Waals surface area contributed by atoms with Crippen molar-refractivity contribution in [2.75, 3.05) is 0 Å². The third-order valence-electron chi connectivity index (χ3n) is 4.14. The molecule has 0 saturated heterocycles. The molecule has 3 rings (SSSR count). The van der Waals surface area contributed by atoms with Gasteiger partial charge in [0.25, 0.3) is 0 Å². The van der Waals surface area contributed by atoms with Gasteiger partial charge in [-0.25, -0.2) is 4.63 Å². The van der Waals surface area contributed by atoms with Crippen molar-refractivity contribution >= 4 is 5.71 Å². The Kier molecular flexibility index (Phi) is 1.79. The Morgan fingerprint density at radius 3 is 2.94 bits per heavy atom. The van der Waals surface area contributed by atoms with E-state index in [1.165, 1.54) is 0 Å². The maximum Gasteiger partial charge on any atom is 0.227 e. The number of aliphatic hydroxyl groups is 1. The van der Waals surface area contributed by atoms with Crippen LogP contribution in [0.3, 0.4) is 0 Å². The maximum atomic E-state index is 12.1. The minimum atomic E-state index is -1.45. The topological polar surface area (TPSA) is 111 Å². The molecule has 0 unspecified atom stereocenters. The molecule has 7 nitrogen and oxygen atoms in total. The monoisotopic (exact) mass is 238 g/mol. The summed E-state index contributed by atoms with van der Waals surface area (Å²) in [6.45, 7) is 3.35. The van der Waals surface area contributed by atoms with E-state index in [-0.39, 0.29) is 0 Å². The predicted molar refractivity (Wildman–Crippen MR) is 56.9 cm³/mol. The SMILES string of the molecule is C[C@@H]1[C@](C)(N)[N+]([O-])=C2CCc3nonc3[C@@]21O. The second kappa shape index (κ2) is 2.85. The summed E-state index contributed by atoms with van der Waals surface area (Å²) in [7, 11) is 0. The average Bonchev–Trinajstić information content (AvgIpc) is 2.80. The fourth-order valence-corrected chi connectivity index (χ4v) is 2.83. The number of nitrogens with zero attached hydrogens (tertiary/aromatic N) is 3. The molecule has 1 aliphatic heterocycles. The zero-order valence-electron chi connectivity index (χ0n) is 9.67.